The highest BCUT2D eigenvalue weighted by Gasteiger charge is 2.10. The molecule has 1 N–H and O–H groups in total. The van der Waals surface area contributed by atoms with Crippen molar-refractivity contribution in [2.24, 2.45) is 0 Å². The van der Waals surface area contributed by atoms with Gasteiger partial charge in [-0.05, 0) is 26.0 Å². The average molecular weight is 226 g/mol. The third-order valence-corrected chi connectivity index (χ3v) is 2.85. The summed E-state index contributed by atoms with van der Waals surface area (Å²) in [5.41, 5.74) is 4.09. The van der Waals surface area contributed by atoms with Crippen molar-refractivity contribution >= 4 is 22.5 Å². The monoisotopic (exact) mass is 226 g/mol. The molecule has 0 saturated heterocycles. The zero-order valence-corrected chi connectivity index (χ0v) is 9.94. The maximum absolute atomic E-state index is 4.61. The van der Waals surface area contributed by atoms with Crippen LogP contribution in [0.25, 0.3) is 16.7 Å². The number of nitrogens with one attached hydrogen (secondary N) is 1. The number of aromatic nitrogens is 3. The molecule has 3 aromatic rings. The normalized spacial score (nSPS) is 11.2. The molecule has 2 aromatic heterocycles. The van der Waals surface area contributed by atoms with Crippen LogP contribution >= 0.6 is 0 Å². The van der Waals surface area contributed by atoms with Gasteiger partial charge in [0.15, 0.2) is 11.5 Å². The van der Waals surface area contributed by atoms with Gasteiger partial charge in [-0.1, -0.05) is 12.1 Å². The van der Waals surface area contributed by atoms with Gasteiger partial charge in [0.2, 0.25) is 0 Å². The summed E-state index contributed by atoms with van der Waals surface area (Å²) in [6.07, 6.45) is 1.88. The maximum Gasteiger partial charge on any atom is 0.180 e. The van der Waals surface area contributed by atoms with Crippen molar-refractivity contribution in [2.75, 3.05) is 11.9 Å². The first-order valence-electron chi connectivity index (χ1n) is 5.78. The Balaban J connectivity index is 2.48. The number of hydrogen-bond donors (Lipinski definition) is 1. The number of anilines is 1. The summed E-state index contributed by atoms with van der Waals surface area (Å²) >= 11 is 0. The van der Waals surface area contributed by atoms with E-state index >= 15 is 0 Å². The van der Waals surface area contributed by atoms with Crippen LogP contribution in [0.1, 0.15) is 12.6 Å². The molecular weight excluding hydrogens is 212 g/mol. The van der Waals surface area contributed by atoms with Gasteiger partial charge in [0, 0.05) is 18.4 Å². The lowest BCUT2D eigenvalue weighted by molar-refractivity contribution is 1.11. The summed E-state index contributed by atoms with van der Waals surface area (Å²) < 4.78 is 2.14. The van der Waals surface area contributed by atoms with Crippen LogP contribution in [0, 0.1) is 6.92 Å². The standard InChI is InChI=1S/C13H14N4/c1-3-14-12-13-15-8-9(2)17(13)11-7-5-4-6-10(11)16-12/h4-8H,3H2,1-2H3,(H,14,16). The van der Waals surface area contributed by atoms with Crippen LogP contribution in [0.4, 0.5) is 5.82 Å². The van der Waals surface area contributed by atoms with Crippen LogP contribution in [0.15, 0.2) is 30.5 Å². The number of aryl methyl sites for hydroxylation is 1. The number of hydrogen-bond acceptors (Lipinski definition) is 3. The largest absolute Gasteiger partial charge is 0.367 e. The molecule has 17 heavy (non-hydrogen) atoms. The molecule has 0 saturated carbocycles. The van der Waals surface area contributed by atoms with E-state index in [1.165, 1.54) is 0 Å². The van der Waals surface area contributed by atoms with E-state index in [9.17, 15) is 0 Å². The smallest absolute Gasteiger partial charge is 0.180 e. The molecule has 0 aliphatic heterocycles. The molecule has 2 heterocycles. The Morgan fingerprint density at radius 2 is 2.12 bits per heavy atom. The highest BCUT2D eigenvalue weighted by molar-refractivity contribution is 5.83. The van der Waals surface area contributed by atoms with E-state index in [1.54, 1.807) is 0 Å². The summed E-state index contributed by atoms with van der Waals surface area (Å²) in [6, 6.07) is 8.12. The van der Waals surface area contributed by atoms with Crippen molar-refractivity contribution in [2.45, 2.75) is 13.8 Å². The zero-order valence-electron chi connectivity index (χ0n) is 9.94. The Labute approximate surface area is 99.3 Å². The van der Waals surface area contributed by atoms with E-state index in [4.69, 9.17) is 0 Å². The van der Waals surface area contributed by atoms with Gasteiger partial charge in [-0.2, -0.15) is 0 Å². The fourth-order valence-electron chi connectivity index (χ4n) is 2.11. The Hall–Kier alpha value is -2.10. The second-order valence-electron chi connectivity index (χ2n) is 4.04. The van der Waals surface area contributed by atoms with Crippen molar-refractivity contribution in [3.05, 3.63) is 36.2 Å². The van der Waals surface area contributed by atoms with Crippen LogP contribution in [0.3, 0.4) is 0 Å². The van der Waals surface area contributed by atoms with Crippen molar-refractivity contribution in [1.82, 2.24) is 14.4 Å². The van der Waals surface area contributed by atoms with E-state index < -0.39 is 0 Å². The summed E-state index contributed by atoms with van der Waals surface area (Å²) in [5, 5.41) is 3.26. The first kappa shape index (κ1) is 10.1. The SMILES string of the molecule is CCNc1nc2ccccc2n2c(C)cnc12. The molecule has 0 unspecified atom stereocenters. The molecular formula is C13H14N4. The lowest BCUT2D eigenvalue weighted by Crippen LogP contribution is -2.04. The first-order chi connectivity index (χ1) is 8.31. The molecule has 0 bridgehead atoms. The average Bonchev–Trinajstić information content (AvgIpc) is 2.73. The Bertz CT molecular complexity index is 684. The molecule has 4 heteroatoms. The molecule has 1 aromatic carbocycles. The zero-order chi connectivity index (χ0) is 11.8. The Morgan fingerprint density at radius 1 is 1.29 bits per heavy atom. The van der Waals surface area contributed by atoms with Crippen molar-refractivity contribution in [1.29, 1.82) is 0 Å². The van der Waals surface area contributed by atoms with Crippen molar-refractivity contribution in [3.63, 3.8) is 0 Å². The van der Waals surface area contributed by atoms with Crippen LogP contribution in [-0.4, -0.2) is 20.9 Å². The van der Waals surface area contributed by atoms with Crippen LogP contribution in [0.5, 0.6) is 0 Å². The van der Waals surface area contributed by atoms with Gasteiger partial charge in [0.1, 0.15) is 0 Å². The third kappa shape index (κ3) is 1.45. The molecule has 0 atom stereocenters. The van der Waals surface area contributed by atoms with Gasteiger partial charge in [0.25, 0.3) is 0 Å². The van der Waals surface area contributed by atoms with Crippen LogP contribution < -0.4 is 5.32 Å². The quantitative estimate of drug-likeness (QED) is 0.730. The minimum atomic E-state index is 0.840. The molecule has 3 rings (SSSR count). The summed E-state index contributed by atoms with van der Waals surface area (Å²) in [5.74, 6) is 0.847. The molecule has 86 valence electrons. The van der Waals surface area contributed by atoms with E-state index in [1.807, 2.05) is 24.4 Å². The Morgan fingerprint density at radius 3 is 2.94 bits per heavy atom. The topological polar surface area (TPSA) is 42.2 Å². The fourth-order valence-corrected chi connectivity index (χ4v) is 2.11. The summed E-state index contributed by atoms with van der Waals surface area (Å²) in [6.45, 7) is 4.96. The Kier molecular flexibility index (Phi) is 2.21. The fraction of sp³-hybridized carbons (Fsp3) is 0.231. The van der Waals surface area contributed by atoms with Gasteiger partial charge >= 0.3 is 0 Å². The van der Waals surface area contributed by atoms with Crippen LogP contribution in [-0.2, 0) is 0 Å². The third-order valence-electron chi connectivity index (χ3n) is 2.85. The summed E-state index contributed by atoms with van der Waals surface area (Å²) in [4.78, 5) is 9.04. The number of para-hydroxylation sites is 2. The second kappa shape index (κ2) is 3.73. The molecule has 0 aliphatic carbocycles. The van der Waals surface area contributed by atoms with E-state index in [0.29, 0.717) is 0 Å². The van der Waals surface area contributed by atoms with Crippen LogP contribution in [0.2, 0.25) is 0 Å². The molecule has 0 aliphatic rings. The van der Waals surface area contributed by atoms with Gasteiger partial charge < -0.3 is 5.32 Å². The van der Waals surface area contributed by atoms with E-state index in [0.717, 1.165) is 34.7 Å². The number of nitrogens with zero attached hydrogens (tertiary/aromatic N) is 3. The van der Waals surface area contributed by atoms with Crippen molar-refractivity contribution < 1.29 is 0 Å². The number of rotatable bonds is 2. The van der Waals surface area contributed by atoms with Gasteiger partial charge in [-0.15, -0.1) is 0 Å². The number of fused-ring (bicyclic) bond motifs is 3. The predicted molar refractivity (Wildman–Crippen MR) is 69.4 cm³/mol. The molecule has 0 amide bonds. The van der Waals surface area contributed by atoms with Gasteiger partial charge in [0.05, 0.1) is 11.0 Å². The highest BCUT2D eigenvalue weighted by atomic mass is 15.1. The molecule has 4 nitrogen and oxygen atoms in total. The number of benzene rings is 1. The van der Waals surface area contributed by atoms with E-state index in [-0.39, 0.29) is 0 Å². The highest BCUT2D eigenvalue weighted by Crippen LogP contribution is 2.21. The maximum atomic E-state index is 4.61. The second-order valence-corrected chi connectivity index (χ2v) is 4.04. The predicted octanol–water partition coefficient (Wildman–Crippen LogP) is 2.62. The molecule has 0 spiro atoms. The lowest BCUT2D eigenvalue weighted by Gasteiger charge is -2.08. The van der Waals surface area contributed by atoms with Gasteiger partial charge in [-0.3, -0.25) is 4.40 Å². The molecule has 0 radical (unpaired) electrons. The van der Waals surface area contributed by atoms with E-state index in [2.05, 4.69) is 39.6 Å². The first-order valence-corrected chi connectivity index (χ1v) is 5.78. The summed E-state index contributed by atoms with van der Waals surface area (Å²) in [7, 11) is 0. The molecule has 0 fully saturated rings. The minimum absolute atomic E-state index is 0.840. The van der Waals surface area contributed by atoms with Gasteiger partial charge in [-0.25, -0.2) is 9.97 Å². The number of imidazole rings is 1. The minimum Gasteiger partial charge on any atom is -0.367 e. The lowest BCUT2D eigenvalue weighted by atomic mass is 10.3. The van der Waals surface area contributed by atoms with Crippen molar-refractivity contribution in [3.8, 4) is 0 Å².